The number of alkyl carbamates (subject to hydrolysis) is 1. The van der Waals surface area contributed by atoms with E-state index >= 15 is 0 Å². The van der Waals surface area contributed by atoms with Crippen molar-refractivity contribution >= 4 is 6.09 Å². The highest BCUT2D eigenvalue weighted by Crippen LogP contribution is 2.23. The first kappa shape index (κ1) is 20.2. The van der Waals surface area contributed by atoms with E-state index in [1.807, 2.05) is 20.8 Å². The van der Waals surface area contributed by atoms with Gasteiger partial charge in [-0.2, -0.15) is 0 Å². The lowest BCUT2D eigenvalue weighted by molar-refractivity contribution is 0.0487. The Balaban J connectivity index is 2.35. The van der Waals surface area contributed by atoms with E-state index in [0.717, 1.165) is 38.8 Å². The molecule has 0 bridgehead atoms. The molecule has 5 nitrogen and oxygen atoms in total. The number of hydrogen-bond acceptors (Lipinski definition) is 4. The third-order valence-electron chi connectivity index (χ3n) is 4.25. The van der Waals surface area contributed by atoms with Crippen LogP contribution in [-0.4, -0.2) is 44.0 Å². The average molecular weight is 328 g/mol. The summed E-state index contributed by atoms with van der Waals surface area (Å²) in [7, 11) is 1.75. The Morgan fingerprint density at radius 2 is 1.78 bits per heavy atom. The largest absolute Gasteiger partial charge is 0.444 e. The van der Waals surface area contributed by atoms with Crippen LogP contribution in [0.2, 0.25) is 0 Å². The Morgan fingerprint density at radius 1 is 1.13 bits per heavy atom. The maximum absolute atomic E-state index is 11.9. The number of amides is 1. The van der Waals surface area contributed by atoms with Gasteiger partial charge in [0.15, 0.2) is 0 Å². The van der Waals surface area contributed by atoms with E-state index in [-0.39, 0.29) is 17.6 Å². The molecular weight excluding hydrogens is 292 g/mol. The fourth-order valence-corrected chi connectivity index (χ4v) is 2.87. The van der Waals surface area contributed by atoms with Crippen LogP contribution in [0.15, 0.2) is 0 Å². The fourth-order valence-electron chi connectivity index (χ4n) is 2.87. The Kier molecular flexibility index (Phi) is 7.81. The number of carbonyl (C=O) groups is 1. The minimum atomic E-state index is -0.443. The average Bonchev–Trinajstić information content (AvgIpc) is 2.41. The molecule has 0 spiro atoms. The summed E-state index contributed by atoms with van der Waals surface area (Å²) in [5.41, 5.74) is -0.219. The summed E-state index contributed by atoms with van der Waals surface area (Å²) in [5, 5.41) is 6.69. The topological polar surface area (TPSA) is 59.6 Å². The van der Waals surface area contributed by atoms with Crippen molar-refractivity contribution in [2.75, 3.05) is 20.3 Å². The summed E-state index contributed by atoms with van der Waals surface area (Å²) in [6, 6.07) is 0.670. The SMILES string of the molecule is COCCC(C)(C)CNC1CCCC(NC(=O)OC(C)(C)C)C1. The number of ether oxygens (including phenoxy) is 2. The van der Waals surface area contributed by atoms with Crippen LogP contribution in [0.3, 0.4) is 0 Å². The second kappa shape index (κ2) is 8.88. The zero-order chi connectivity index (χ0) is 17.5. The summed E-state index contributed by atoms with van der Waals surface area (Å²) in [6.07, 6.45) is 5.06. The number of methoxy groups -OCH3 is 1. The number of rotatable bonds is 7. The zero-order valence-electron chi connectivity index (χ0n) is 15.8. The van der Waals surface area contributed by atoms with Crippen LogP contribution in [0.4, 0.5) is 4.79 Å². The van der Waals surface area contributed by atoms with E-state index in [0.29, 0.717) is 6.04 Å². The van der Waals surface area contributed by atoms with Gasteiger partial charge in [-0.1, -0.05) is 13.8 Å². The van der Waals surface area contributed by atoms with Crippen LogP contribution in [-0.2, 0) is 9.47 Å². The second-order valence-corrected chi connectivity index (χ2v) is 8.49. The van der Waals surface area contributed by atoms with Gasteiger partial charge in [0.2, 0.25) is 0 Å². The smallest absolute Gasteiger partial charge is 0.407 e. The van der Waals surface area contributed by atoms with Crippen molar-refractivity contribution in [3.63, 3.8) is 0 Å². The van der Waals surface area contributed by atoms with Crippen LogP contribution in [0.25, 0.3) is 0 Å². The van der Waals surface area contributed by atoms with Crippen molar-refractivity contribution in [2.45, 2.75) is 84.4 Å². The van der Waals surface area contributed by atoms with Gasteiger partial charge < -0.3 is 20.1 Å². The third-order valence-corrected chi connectivity index (χ3v) is 4.25. The Bertz CT molecular complexity index is 364. The Hall–Kier alpha value is -0.810. The minimum Gasteiger partial charge on any atom is -0.444 e. The predicted octanol–water partition coefficient (Wildman–Crippen LogP) is 3.47. The van der Waals surface area contributed by atoms with Crippen molar-refractivity contribution in [2.24, 2.45) is 5.41 Å². The molecule has 2 unspecified atom stereocenters. The van der Waals surface area contributed by atoms with Crippen LogP contribution in [0, 0.1) is 5.41 Å². The van der Waals surface area contributed by atoms with Gasteiger partial charge in [0.25, 0.3) is 0 Å². The summed E-state index contributed by atoms with van der Waals surface area (Å²) < 4.78 is 10.5. The minimum absolute atomic E-state index is 0.207. The van der Waals surface area contributed by atoms with Crippen molar-refractivity contribution < 1.29 is 14.3 Å². The molecule has 5 heteroatoms. The maximum atomic E-state index is 11.9. The van der Waals surface area contributed by atoms with Gasteiger partial charge in [-0.3, -0.25) is 0 Å². The second-order valence-electron chi connectivity index (χ2n) is 8.49. The molecule has 0 aromatic heterocycles. The third kappa shape index (κ3) is 9.16. The number of hydrogen-bond donors (Lipinski definition) is 2. The van der Waals surface area contributed by atoms with E-state index in [1.54, 1.807) is 7.11 Å². The van der Waals surface area contributed by atoms with Crippen molar-refractivity contribution in [3.05, 3.63) is 0 Å². The van der Waals surface area contributed by atoms with Gasteiger partial charge in [0.1, 0.15) is 5.60 Å². The Labute approximate surface area is 141 Å². The molecule has 1 saturated carbocycles. The van der Waals surface area contributed by atoms with Gasteiger partial charge in [-0.05, 0) is 58.3 Å². The van der Waals surface area contributed by atoms with Crippen molar-refractivity contribution in [1.29, 1.82) is 0 Å². The van der Waals surface area contributed by atoms with Gasteiger partial charge >= 0.3 is 6.09 Å². The van der Waals surface area contributed by atoms with Gasteiger partial charge in [0, 0.05) is 32.3 Å². The van der Waals surface area contributed by atoms with Crippen LogP contribution < -0.4 is 10.6 Å². The summed E-state index contributed by atoms with van der Waals surface area (Å²) >= 11 is 0. The van der Waals surface area contributed by atoms with Crippen molar-refractivity contribution in [1.82, 2.24) is 10.6 Å². The highest BCUT2D eigenvalue weighted by atomic mass is 16.6. The highest BCUT2D eigenvalue weighted by Gasteiger charge is 2.27. The van der Waals surface area contributed by atoms with Crippen LogP contribution >= 0.6 is 0 Å². The standard InChI is InChI=1S/C18H36N2O3/c1-17(2,3)23-16(21)20-15-9-7-8-14(12-15)19-13-18(4,5)10-11-22-6/h14-15,19H,7-13H2,1-6H3,(H,20,21). The van der Waals surface area contributed by atoms with Crippen LogP contribution in [0.5, 0.6) is 0 Å². The number of carbonyl (C=O) groups excluding carboxylic acids is 1. The molecule has 0 aromatic carbocycles. The van der Waals surface area contributed by atoms with E-state index in [9.17, 15) is 4.79 Å². The molecule has 0 saturated heterocycles. The lowest BCUT2D eigenvalue weighted by Gasteiger charge is -2.34. The van der Waals surface area contributed by atoms with E-state index < -0.39 is 5.60 Å². The molecule has 2 N–H and O–H groups in total. The highest BCUT2D eigenvalue weighted by molar-refractivity contribution is 5.68. The monoisotopic (exact) mass is 328 g/mol. The summed E-state index contributed by atoms with van der Waals surface area (Å²) in [4.78, 5) is 11.9. The first-order valence-corrected chi connectivity index (χ1v) is 8.83. The first-order valence-electron chi connectivity index (χ1n) is 8.83. The molecule has 1 amide bonds. The maximum Gasteiger partial charge on any atom is 0.407 e. The van der Waals surface area contributed by atoms with Gasteiger partial charge in [-0.15, -0.1) is 0 Å². The van der Waals surface area contributed by atoms with Gasteiger partial charge in [0.05, 0.1) is 0 Å². The number of nitrogens with one attached hydrogen (secondary N) is 2. The lowest BCUT2D eigenvalue weighted by Crippen LogP contribution is -2.47. The molecule has 1 aliphatic rings. The summed E-state index contributed by atoms with van der Waals surface area (Å²) in [5.74, 6) is 0. The summed E-state index contributed by atoms with van der Waals surface area (Å²) in [6.45, 7) is 12.0. The molecule has 0 aromatic rings. The van der Waals surface area contributed by atoms with E-state index in [1.165, 1.54) is 6.42 Å². The molecule has 0 heterocycles. The van der Waals surface area contributed by atoms with E-state index in [2.05, 4.69) is 24.5 Å². The molecule has 1 aliphatic carbocycles. The first-order chi connectivity index (χ1) is 10.6. The normalized spacial score (nSPS) is 22.7. The van der Waals surface area contributed by atoms with E-state index in [4.69, 9.17) is 9.47 Å². The molecule has 1 fully saturated rings. The predicted molar refractivity (Wildman–Crippen MR) is 93.7 cm³/mol. The zero-order valence-corrected chi connectivity index (χ0v) is 15.8. The molecule has 0 aliphatic heterocycles. The Morgan fingerprint density at radius 3 is 2.39 bits per heavy atom. The molecule has 2 atom stereocenters. The quantitative estimate of drug-likeness (QED) is 0.751. The molecule has 136 valence electrons. The molecule has 0 radical (unpaired) electrons. The molecule has 1 rings (SSSR count). The molecule has 23 heavy (non-hydrogen) atoms. The van der Waals surface area contributed by atoms with Crippen LogP contribution in [0.1, 0.15) is 66.7 Å². The van der Waals surface area contributed by atoms with Gasteiger partial charge in [-0.25, -0.2) is 4.79 Å². The fraction of sp³-hybridized carbons (Fsp3) is 0.944. The van der Waals surface area contributed by atoms with Crippen molar-refractivity contribution in [3.8, 4) is 0 Å². The lowest BCUT2D eigenvalue weighted by atomic mass is 9.87. The molecular formula is C18H36N2O3.